The van der Waals surface area contributed by atoms with Crippen LogP contribution in [0.4, 0.5) is 10.2 Å². The van der Waals surface area contributed by atoms with Gasteiger partial charge in [0.15, 0.2) is 0 Å². The van der Waals surface area contributed by atoms with Crippen molar-refractivity contribution >= 4 is 38.5 Å². The number of benzene rings is 2. The van der Waals surface area contributed by atoms with Gasteiger partial charge in [-0.25, -0.2) is 27.1 Å². The number of nitrogens with zero attached hydrogens (tertiary/aromatic N) is 4. The molecule has 2 aromatic carbocycles. The standard InChI is InChI=1S/C20H21FN6O3S/c1-12(28)26-18(22)10-23-20-16-8-14(13-4-6-15(21)7-5-13)9-17(19(16)24-11-25-20)31(29,30)27(2)3/h4-9,11H,10H2,1-3H3,(H2,22,26,28)(H,23,24,25). The van der Waals surface area contributed by atoms with E-state index in [0.717, 1.165) is 4.31 Å². The number of halogens is 1. The van der Waals surface area contributed by atoms with Gasteiger partial charge in [0.05, 0.1) is 12.1 Å². The fraction of sp³-hybridized carbons (Fsp3) is 0.200. The number of nitrogens with two attached hydrogens (primary N) is 1. The molecule has 0 unspecified atom stereocenters. The Morgan fingerprint density at radius 3 is 2.45 bits per heavy atom. The summed E-state index contributed by atoms with van der Waals surface area (Å²) in [5.41, 5.74) is 7.09. The Bertz CT molecular complexity index is 1270. The second-order valence-corrected chi connectivity index (χ2v) is 8.98. The van der Waals surface area contributed by atoms with Crippen LogP contribution in [-0.4, -0.2) is 55.1 Å². The third kappa shape index (κ3) is 4.84. The maximum absolute atomic E-state index is 13.4. The van der Waals surface area contributed by atoms with E-state index in [4.69, 9.17) is 5.73 Å². The second kappa shape index (κ2) is 8.74. The van der Waals surface area contributed by atoms with E-state index in [2.05, 4.69) is 20.3 Å². The minimum Gasteiger partial charge on any atom is -0.386 e. The summed E-state index contributed by atoms with van der Waals surface area (Å²) in [6.07, 6.45) is 1.23. The molecule has 0 aliphatic heterocycles. The number of carbonyl (C=O) groups excluding carboxylic acids is 1. The monoisotopic (exact) mass is 444 g/mol. The van der Waals surface area contributed by atoms with Gasteiger partial charge in [0.25, 0.3) is 0 Å². The molecule has 11 heteroatoms. The first-order valence-corrected chi connectivity index (χ1v) is 10.6. The number of amides is 1. The van der Waals surface area contributed by atoms with Crippen LogP contribution in [0.1, 0.15) is 6.92 Å². The van der Waals surface area contributed by atoms with Crippen molar-refractivity contribution in [2.75, 3.05) is 26.0 Å². The number of sulfonamides is 1. The lowest BCUT2D eigenvalue weighted by Crippen LogP contribution is -2.24. The van der Waals surface area contributed by atoms with Crippen molar-refractivity contribution in [3.63, 3.8) is 0 Å². The first-order valence-electron chi connectivity index (χ1n) is 9.14. The molecule has 31 heavy (non-hydrogen) atoms. The van der Waals surface area contributed by atoms with Crippen LogP contribution >= 0.6 is 0 Å². The van der Waals surface area contributed by atoms with Crippen molar-refractivity contribution < 1.29 is 17.6 Å². The third-order valence-electron chi connectivity index (χ3n) is 4.38. The fourth-order valence-corrected chi connectivity index (χ4v) is 3.97. The Morgan fingerprint density at radius 1 is 1.16 bits per heavy atom. The van der Waals surface area contributed by atoms with Gasteiger partial charge in [0.2, 0.25) is 15.9 Å². The number of carbonyl (C=O) groups is 1. The number of nitrogens with one attached hydrogen (secondary N) is 1. The lowest BCUT2D eigenvalue weighted by molar-refractivity contribution is -0.115. The molecule has 3 rings (SSSR count). The zero-order chi connectivity index (χ0) is 22.8. The molecular formula is C20H21FN6O3S. The van der Waals surface area contributed by atoms with E-state index < -0.39 is 21.7 Å². The summed E-state index contributed by atoms with van der Waals surface area (Å²) in [5, 5.41) is 3.38. The number of aromatic nitrogens is 2. The van der Waals surface area contributed by atoms with E-state index in [-0.39, 0.29) is 22.8 Å². The molecule has 1 amide bonds. The smallest absolute Gasteiger partial charge is 0.244 e. The molecule has 0 aliphatic rings. The van der Waals surface area contributed by atoms with E-state index in [1.807, 2.05) is 0 Å². The van der Waals surface area contributed by atoms with Crippen molar-refractivity contribution in [3.05, 3.63) is 48.5 Å². The third-order valence-corrected chi connectivity index (χ3v) is 6.21. The number of hydrogen-bond donors (Lipinski definition) is 2. The van der Waals surface area contributed by atoms with Gasteiger partial charge in [-0.3, -0.25) is 4.79 Å². The predicted molar refractivity (Wildman–Crippen MR) is 117 cm³/mol. The molecular weight excluding hydrogens is 423 g/mol. The van der Waals surface area contributed by atoms with Crippen molar-refractivity contribution in [1.29, 1.82) is 0 Å². The number of hydrogen-bond acceptors (Lipinski definition) is 6. The normalized spacial score (nSPS) is 12.4. The Kier molecular flexibility index (Phi) is 6.27. The summed E-state index contributed by atoms with van der Waals surface area (Å²) >= 11 is 0. The SMILES string of the molecule is CC(=O)N=C(N)CNc1ncnc2c(S(=O)(=O)N(C)C)cc(-c3ccc(F)cc3)cc12. The summed E-state index contributed by atoms with van der Waals surface area (Å²) in [7, 11) is -1.01. The molecule has 9 nitrogen and oxygen atoms in total. The molecule has 1 heterocycles. The number of amidine groups is 1. The lowest BCUT2D eigenvalue weighted by atomic mass is 10.0. The van der Waals surface area contributed by atoms with Gasteiger partial charge in [0, 0.05) is 26.4 Å². The van der Waals surface area contributed by atoms with E-state index in [0.29, 0.717) is 22.3 Å². The maximum atomic E-state index is 13.4. The van der Waals surface area contributed by atoms with Crippen LogP contribution < -0.4 is 11.1 Å². The van der Waals surface area contributed by atoms with Crippen LogP contribution in [-0.2, 0) is 14.8 Å². The summed E-state index contributed by atoms with van der Waals surface area (Å²) in [6.45, 7) is 1.29. The Morgan fingerprint density at radius 2 is 1.84 bits per heavy atom. The number of rotatable bonds is 6. The average Bonchev–Trinajstić information content (AvgIpc) is 2.71. The molecule has 0 aliphatic carbocycles. The molecule has 0 radical (unpaired) electrons. The zero-order valence-corrected chi connectivity index (χ0v) is 17.9. The highest BCUT2D eigenvalue weighted by atomic mass is 32.2. The first-order chi connectivity index (χ1) is 14.6. The van der Waals surface area contributed by atoms with E-state index >= 15 is 0 Å². The van der Waals surface area contributed by atoms with Gasteiger partial charge < -0.3 is 11.1 Å². The first kappa shape index (κ1) is 22.2. The molecule has 0 saturated carbocycles. The highest BCUT2D eigenvalue weighted by Crippen LogP contribution is 2.33. The minimum atomic E-state index is -3.86. The Balaban J connectivity index is 2.22. The summed E-state index contributed by atoms with van der Waals surface area (Å²) in [5.74, 6) is -0.484. The van der Waals surface area contributed by atoms with Gasteiger partial charge in [-0.2, -0.15) is 4.99 Å². The van der Waals surface area contributed by atoms with Gasteiger partial charge in [-0.15, -0.1) is 0 Å². The fourth-order valence-electron chi connectivity index (χ4n) is 2.89. The molecule has 0 atom stereocenters. The Hall–Kier alpha value is -3.44. The number of fused-ring (bicyclic) bond motifs is 1. The average molecular weight is 444 g/mol. The topological polar surface area (TPSA) is 131 Å². The van der Waals surface area contributed by atoms with Crippen LogP contribution in [0.15, 0.2) is 52.6 Å². The summed E-state index contributed by atoms with van der Waals surface area (Å²) in [4.78, 5) is 23.1. The van der Waals surface area contributed by atoms with Crippen molar-refractivity contribution in [1.82, 2.24) is 14.3 Å². The molecule has 3 N–H and O–H groups in total. The highest BCUT2D eigenvalue weighted by Gasteiger charge is 2.24. The maximum Gasteiger partial charge on any atom is 0.244 e. The summed E-state index contributed by atoms with van der Waals surface area (Å²) in [6, 6.07) is 8.89. The van der Waals surface area contributed by atoms with Gasteiger partial charge >= 0.3 is 0 Å². The Labute approximate surface area is 178 Å². The van der Waals surface area contributed by atoms with Crippen molar-refractivity contribution in [3.8, 4) is 11.1 Å². The van der Waals surface area contributed by atoms with E-state index in [9.17, 15) is 17.6 Å². The second-order valence-electron chi connectivity index (χ2n) is 6.86. The van der Waals surface area contributed by atoms with Crippen LogP contribution in [0, 0.1) is 5.82 Å². The largest absolute Gasteiger partial charge is 0.386 e. The molecule has 0 bridgehead atoms. The highest BCUT2D eigenvalue weighted by molar-refractivity contribution is 7.89. The molecule has 162 valence electrons. The predicted octanol–water partition coefficient (Wildman–Crippen LogP) is 2.00. The number of anilines is 1. The van der Waals surface area contributed by atoms with Gasteiger partial charge in [-0.1, -0.05) is 12.1 Å². The molecule has 1 aromatic heterocycles. The zero-order valence-electron chi connectivity index (χ0n) is 17.1. The van der Waals surface area contributed by atoms with Crippen LogP contribution in [0.5, 0.6) is 0 Å². The molecule has 0 fully saturated rings. The summed E-state index contributed by atoms with van der Waals surface area (Å²) < 4.78 is 40.4. The molecule has 0 spiro atoms. The van der Waals surface area contributed by atoms with Gasteiger partial charge in [0.1, 0.15) is 28.7 Å². The van der Waals surface area contributed by atoms with Crippen LogP contribution in [0.3, 0.4) is 0 Å². The van der Waals surface area contributed by atoms with Gasteiger partial charge in [-0.05, 0) is 35.4 Å². The van der Waals surface area contributed by atoms with Crippen molar-refractivity contribution in [2.24, 2.45) is 10.7 Å². The van der Waals surface area contributed by atoms with E-state index in [1.54, 1.807) is 18.2 Å². The molecule has 3 aromatic rings. The quantitative estimate of drug-likeness (QED) is 0.439. The van der Waals surface area contributed by atoms with Crippen LogP contribution in [0.25, 0.3) is 22.0 Å². The van der Waals surface area contributed by atoms with Crippen LogP contribution in [0.2, 0.25) is 0 Å². The van der Waals surface area contributed by atoms with Crippen molar-refractivity contribution in [2.45, 2.75) is 11.8 Å². The van der Waals surface area contributed by atoms with E-state index in [1.165, 1.54) is 45.5 Å². The number of aliphatic imine (C=N–C) groups is 1. The molecule has 0 saturated heterocycles. The lowest BCUT2D eigenvalue weighted by Gasteiger charge is -2.16. The minimum absolute atomic E-state index is 0.0161.